The Kier molecular flexibility index (Phi) is 2.43. The molecule has 1 rings (SSSR count). The molecule has 0 aromatic carbocycles. The summed E-state index contributed by atoms with van der Waals surface area (Å²) >= 11 is 1.60. The lowest BCUT2D eigenvalue weighted by Gasteiger charge is -1.88. The highest BCUT2D eigenvalue weighted by molar-refractivity contribution is 7.11. The molecule has 0 fully saturated rings. The third-order valence-electron chi connectivity index (χ3n) is 1.09. The minimum atomic E-state index is 0.121. The number of nitrogens with zero attached hydrogens (tertiary/aromatic N) is 2. The Morgan fingerprint density at radius 1 is 1.73 bits per heavy atom. The van der Waals surface area contributed by atoms with Crippen LogP contribution in [-0.2, 0) is 6.54 Å². The van der Waals surface area contributed by atoms with Gasteiger partial charge in [0.1, 0.15) is 0 Å². The maximum atomic E-state index is 5.16. The molecule has 0 unspecified atom stereocenters. The Labute approximate surface area is 69.0 Å². The fourth-order valence-corrected chi connectivity index (χ4v) is 1.37. The van der Waals surface area contributed by atoms with Gasteiger partial charge in [-0.3, -0.25) is 0 Å². The number of rotatable bonds is 2. The second kappa shape index (κ2) is 3.34. The second-order valence-corrected chi connectivity index (χ2v) is 3.41. The minimum absolute atomic E-state index is 0.121. The van der Waals surface area contributed by atoms with Crippen molar-refractivity contribution in [3.8, 4) is 0 Å². The van der Waals surface area contributed by atoms with Gasteiger partial charge in [-0.2, -0.15) is 0 Å². The van der Waals surface area contributed by atoms with Crippen LogP contribution in [0, 0.1) is 6.92 Å². The number of aryl methyl sites for hydroxylation is 1. The molecule has 5 heteroatoms. The third-order valence-corrected chi connectivity index (χ3v) is 1.98. The molecule has 0 aliphatic heterocycles. The van der Waals surface area contributed by atoms with Crippen molar-refractivity contribution in [1.82, 2.24) is 4.98 Å². The Morgan fingerprint density at radius 3 is 2.91 bits per heavy atom. The molecule has 0 aliphatic rings. The highest BCUT2D eigenvalue weighted by Crippen LogP contribution is 2.11. The molecule has 60 valence electrons. The van der Waals surface area contributed by atoms with Crippen molar-refractivity contribution in [2.45, 2.75) is 13.5 Å². The monoisotopic (exact) mass is 170 g/mol. The number of aromatic nitrogens is 1. The fourth-order valence-electron chi connectivity index (χ4n) is 0.648. The predicted molar refractivity (Wildman–Crippen MR) is 46.4 cm³/mol. The molecule has 0 bridgehead atoms. The largest absolute Gasteiger partial charge is 0.370 e. The van der Waals surface area contributed by atoms with Crippen molar-refractivity contribution in [2.24, 2.45) is 16.5 Å². The van der Waals surface area contributed by atoms with Crippen LogP contribution in [0.4, 0.5) is 0 Å². The normalized spacial score (nSPS) is 9.55. The molecule has 4 nitrogen and oxygen atoms in total. The van der Waals surface area contributed by atoms with Crippen LogP contribution in [0.5, 0.6) is 0 Å². The standard InChI is InChI=1S/C6H10N4S/c1-4-9-2-5(11-4)3-10-6(7)8/h2H,3H2,1H3,(H4,7,8,10). The van der Waals surface area contributed by atoms with E-state index in [1.165, 1.54) is 0 Å². The van der Waals surface area contributed by atoms with Gasteiger partial charge in [-0.15, -0.1) is 11.3 Å². The van der Waals surface area contributed by atoms with Gasteiger partial charge in [0.25, 0.3) is 0 Å². The van der Waals surface area contributed by atoms with Crippen molar-refractivity contribution in [3.63, 3.8) is 0 Å². The maximum Gasteiger partial charge on any atom is 0.186 e. The van der Waals surface area contributed by atoms with Gasteiger partial charge in [-0.25, -0.2) is 9.98 Å². The number of aliphatic imine (C=N–C) groups is 1. The van der Waals surface area contributed by atoms with Crippen LogP contribution >= 0.6 is 11.3 Å². The van der Waals surface area contributed by atoms with E-state index in [2.05, 4.69) is 9.98 Å². The first-order valence-electron chi connectivity index (χ1n) is 3.15. The van der Waals surface area contributed by atoms with Gasteiger partial charge < -0.3 is 11.5 Å². The van der Waals surface area contributed by atoms with Crippen LogP contribution in [-0.4, -0.2) is 10.9 Å². The summed E-state index contributed by atoms with van der Waals surface area (Å²) in [5, 5.41) is 1.03. The van der Waals surface area contributed by atoms with E-state index in [0.717, 1.165) is 9.88 Å². The number of guanidine groups is 1. The van der Waals surface area contributed by atoms with Crippen molar-refractivity contribution in [3.05, 3.63) is 16.1 Å². The summed E-state index contributed by atoms with van der Waals surface area (Å²) < 4.78 is 0. The molecule has 0 radical (unpaired) electrons. The molecule has 11 heavy (non-hydrogen) atoms. The van der Waals surface area contributed by atoms with Crippen LogP contribution < -0.4 is 11.5 Å². The molecule has 0 saturated heterocycles. The molecule has 1 aromatic heterocycles. The third kappa shape index (κ3) is 2.55. The zero-order chi connectivity index (χ0) is 8.27. The number of hydrogen-bond acceptors (Lipinski definition) is 3. The quantitative estimate of drug-likeness (QED) is 0.492. The van der Waals surface area contributed by atoms with E-state index in [9.17, 15) is 0 Å². The van der Waals surface area contributed by atoms with E-state index in [-0.39, 0.29) is 5.96 Å². The lowest BCUT2D eigenvalue weighted by atomic mass is 10.5. The van der Waals surface area contributed by atoms with Gasteiger partial charge in [0, 0.05) is 11.1 Å². The van der Waals surface area contributed by atoms with Crippen LogP contribution in [0.3, 0.4) is 0 Å². The van der Waals surface area contributed by atoms with E-state index in [1.807, 2.05) is 6.92 Å². The summed E-state index contributed by atoms with van der Waals surface area (Å²) in [6.45, 7) is 2.48. The maximum absolute atomic E-state index is 5.16. The first kappa shape index (κ1) is 8.00. The van der Waals surface area contributed by atoms with Crippen molar-refractivity contribution in [1.29, 1.82) is 0 Å². The fraction of sp³-hybridized carbons (Fsp3) is 0.333. The molecular formula is C6H10N4S. The van der Waals surface area contributed by atoms with E-state index in [4.69, 9.17) is 11.5 Å². The minimum Gasteiger partial charge on any atom is -0.370 e. The average Bonchev–Trinajstić information content (AvgIpc) is 2.31. The van der Waals surface area contributed by atoms with E-state index < -0.39 is 0 Å². The van der Waals surface area contributed by atoms with E-state index >= 15 is 0 Å². The lowest BCUT2D eigenvalue weighted by molar-refractivity contribution is 1.07. The van der Waals surface area contributed by atoms with Gasteiger partial charge in [0.2, 0.25) is 0 Å². The Bertz CT molecular complexity index is 261. The first-order valence-corrected chi connectivity index (χ1v) is 3.97. The zero-order valence-corrected chi connectivity index (χ0v) is 7.06. The molecule has 0 spiro atoms. The van der Waals surface area contributed by atoms with Gasteiger partial charge in [-0.05, 0) is 6.92 Å². The summed E-state index contributed by atoms with van der Waals surface area (Å²) in [4.78, 5) is 8.99. The lowest BCUT2D eigenvalue weighted by Crippen LogP contribution is -2.22. The summed E-state index contributed by atoms with van der Waals surface area (Å²) in [6, 6.07) is 0. The number of thiazole rings is 1. The van der Waals surface area contributed by atoms with Crippen LogP contribution in [0.1, 0.15) is 9.88 Å². The van der Waals surface area contributed by atoms with Crippen molar-refractivity contribution in [2.75, 3.05) is 0 Å². The molecule has 0 aliphatic carbocycles. The molecule has 0 saturated carbocycles. The van der Waals surface area contributed by atoms with E-state index in [1.54, 1.807) is 17.5 Å². The predicted octanol–water partition coefficient (Wildman–Crippen LogP) is 0.225. The molecule has 1 heterocycles. The summed E-state index contributed by atoms with van der Waals surface area (Å²) in [5.41, 5.74) is 10.3. The van der Waals surface area contributed by atoms with Crippen LogP contribution in [0.15, 0.2) is 11.2 Å². The van der Waals surface area contributed by atoms with Crippen LogP contribution in [0.25, 0.3) is 0 Å². The summed E-state index contributed by atoms with van der Waals surface area (Å²) in [5.74, 6) is 0.121. The van der Waals surface area contributed by atoms with Crippen LogP contribution in [0.2, 0.25) is 0 Å². The van der Waals surface area contributed by atoms with Gasteiger partial charge in [0.05, 0.1) is 11.6 Å². The molecule has 0 amide bonds. The average molecular weight is 170 g/mol. The first-order chi connectivity index (χ1) is 5.18. The molecule has 0 atom stereocenters. The van der Waals surface area contributed by atoms with E-state index in [0.29, 0.717) is 6.54 Å². The summed E-state index contributed by atoms with van der Waals surface area (Å²) in [6.07, 6.45) is 1.78. The Balaban J connectivity index is 2.58. The molecule has 1 aromatic rings. The zero-order valence-electron chi connectivity index (χ0n) is 6.24. The SMILES string of the molecule is Cc1ncc(CN=C(N)N)s1. The topological polar surface area (TPSA) is 77.3 Å². The molecular weight excluding hydrogens is 160 g/mol. The summed E-state index contributed by atoms with van der Waals surface area (Å²) in [7, 11) is 0. The highest BCUT2D eigenvalue weighted by atomic mass is 32.1. The highest BCUT2D eigenvalue weighted by Gasteiger charge is 1.95. The van der Waals surface area contributed by atoms with Gasteiger partial charge in [0.15, 0.2) is 5.96 Å². The van der Waals surface area contributed by atoms with Crippen molar-refractivity contribution < 1.29 is 0 Å². The van der Waals surface area contributed by atoms with Gasteiger partial charge in [-0.1, -0.05) is 0 Å². The van der Waals surface area contributed by atoms with Gasteiger partial charge >= 0.3 is 0 Å². The Hall–Kier alpha value is -1.10. The number of nitrogens with two attached hydrogens (primary N) is 2. The van der Waals surface area contributed by atoms with Crippen molar-refractivity contribution >= 4 is 17.3 Å². The molecule has 4 N–H and O–H groups in total. The number of hydrogen-bond donors (Lipinski definition) is 2. The smallest absolute Gasteiger partial charge is 0.186 e. The Morgan fingerprint density at radius 2 is 2.45 bits per heavy atom. The second-order valence-electron chi connectivity index (χ2n) is 2.09.